The molecular formula is C24H15N3O2. The first-order valence-corrected chi connectivity index (χ1v) is 9.40. The Balaban J connectivity index is 1.91. The lowest BCUT2D eigenvalue weighted by atomic mass is 10.1. The molecule has 0 bridgehead atoms. The highest BCUT2D eigenvalue weighted by atomic mass is 16.1. The maximum absolute atomic E-state index is 13.4. The average molecular weight is 377 g/mol. The Morgan fingerprint density at radius 3 is 1.38 bits per heavy atom. The summed E-state index contributed by atoms with van der Waals surface area (Å²) in [6, 6.07) is 28.3. The number of rotatable bonds is 2. The van der Waals surface area contributed by atoms with Gasteiger partial charge in [0.05, 0.1) is 27.7 Å². The quantitative estimate of drug-likeness (QED) is 0.458. The molecule has 29 heavy (non-hydrogen) atoms. The molecule has 0 aliphatic heterocycles. The van der Waals surface area contributed by atoms with Crippen molar-refractivity contribution in [3.8, 4) is 11.4 Å². The topological polar surface area (TPSA) is 48.4 Å². The monoisotopic (exact) mass is 377 g/mol. The zero-order chi connectivity index (χ0) is 19.5. The van der Waals surface area contributed by atoms with Gasteiger partial charge < -0.3 is 0 Å². The fraction of sp³-hybridized carbons (Fsp3) is 0. The molecule has 6 aromatic rings. The van der Waals surface area contributed by atoms with E-state index in [0.717, 1.165) is 22.7 Å². The van der Waals surface area contributed by atoms with Crippen molar-refractivity contribution in [1.29, 1.82) is 0 Å². The van der Waals surface area contributed by atoms with Gasteiger partial charge in [0, 0.05) is 0 Å². The van der Waals surface area contributed by atoms with Gasteiger partial charge in [-0.1, -0.05) is 42.5 Å². The molecule has 3 aromatic heterocycles. The van der Waals surface area contributed by atoms with E-state index in [4.69, 9.17) is 0 Å². The van der Waals surface area contributed by atoms with Crippen molar-refractivity contribution in [3.63, 3.8) is 0 Å². The van der Waals surface area contributed by atoms with E-state index < -0.39 is 0 Å². The van der Waals surface area contributed by atoms with E-state index in [1.54, 1.807) is 27.3 Å². The van der Waals surface area contributed by atoms with Gasteiger partial charge >= 0.3 is 0 Å². The first-order valence-electron chi connectivity index (χ1n) is 9.40. The van der Waals surface area contributed by atoms with Crippen molar-refractivity contribution in [2.24, 2.45) is 0 Å². The second-order valence-electron chi connectivity index (χ2n) is 7.04. The molecule has 0 aliphatic rings. The summed E-state index contributed by atoms with van der Waals surface area (Å²) in [5.74, 6) is 0. The summed E-state index contributed by atoms with van der Waals surface area (Å²) >= 11 is 0. The summed E-state index contributed by atoms with van der Waals surface area (Å²) < 4.78 is 5.41. The van der Waals surface area contributed by atoms with Crippen molar-refractivity contribution in [2.75, 3.05) is 0 Å². The minimum Gasteiger partial charge on any atom is -0.279 e. The first kappa shape index (κ1) is 15.9. The molecule has 0 fully saturated rings. The van der Waals surface area contributed by atoms with Crippen LogP contribution in [0.2, 0.25) is 0 Å². The minimum atomic E-state index is -0.133. The highest BCUT2D eigenvalue weighted by molar-refractivity contribution is 5.98. The van der Waals surface area contributed by atoms with Crippen molar-refractivity contribution < 1.29 is 0 Å². The van der Waals surface area contributed by atoms with Crippen molar-refractivity contribution in [2.45, 2.75) is 0 Å². The van der Waals surface area contributed by atoms with E-state index in [9.17, 15) is 9.59 Å². The molecular weight excluding hydrogens is 362 g/mol. The summed E-state index contributed by atoms with van der Waals surface area (Å²) in [7, 11) is 0. The van der Waals surface area contributed by atoms with E-state index in [-0.39, 0.29) is 11.1 Å². The number of aromatic nitrogens is 3. The molecule has 0 radical (unpaired) electrons. The summed E-state index contributed by atoms with van der Waals surface area (Å²) in [6.07, 6.45) is 0. The molecule has 0 saturated carbocycles. The molecule has 0 saturated heterocycles. The molecule has 5 heteroatoms. The molecule has 0 aliphatic carbocycles. The second-order valence-corrected chi connectivity index (χ2v) is 7.04. The Morgan fingerprint density at radius 1 is 0.483 bits per heavy atom. The van der Waals surface area contributed by atoms with Gasteiger partial charge in [-0.2, -0.15) is 0 Å². The van der Waals surface area contributed by atoms with Crippen LogP contribution in [0.3, 0.4) is 0 Å². The number of hydrogen-bond acceptors (Lipinski definition) is 2. The molecule has 3 heterocycles. The number of benzene rings is 3. The lowest BCUT2D eigenvalue weighted by Gasteiger charge is -2.17. The van der Waals surface area contributed by atoms with E-state index >= 15 is 0 Å². The van der Waals surface area contributed by atoms with Gasteiger partial charge in [-0.25, -0.2) is 0 Å². The third-order valence-corrected chi connectivity index (χ3v) is 5.45. The molecule has 3 aromatic carbocycles. The first-order chi connectivity index (χ1) is 14.3. The molecule has 0 N–H and O–H groups in total. The number of para-hydroxylation sites is 3. The van der Waals surface area contributed by atoms with Crippen LogP contribution >= 0.6 is 0 Å². The Hall–Kier alpha value is -4.12. The summed E-state index contributed by atoms with van der Waals surface area (Å²) in [6.45, 7) is 0. The third-order valence-electron chi connectivity index (χ3n) is 5.45. The molecule has 0 amide bonds. The van der Waals surface area contributed by atoms with Gasteiger partial charge in [0.25, 0.3) is 11.1 Å². The Bertz CT molecular complexity index is 1510. The molecule has 0 atom stereocenters. The highest BCUT2D eigenvalue weighted by Crippen LogP contribution is 2.26. The predicted molar refractivity (Wildman–Crippen MR) is 115 cm³/mol. The van der Waals surface area contributed by atoms with Gasteiger partial charge in [-0.3, -0.25) is 23.1 Å². The highest BCUT2D eigenvalue weighted by Gasteiger charge is 2.20. The lowest BCUT2D eigenvalue weighted by Crippen LogP contribution is -2.26. The zero-order valence-corrected chi connectivity index (χ0v) is 15.3. The number of nitrogens with zero attached hydrogens (tertiary/aromatic N) is 3. The second kappa shape index (κ2) is 5.69. The third kappa shape index (κ3) is 2.04. The molecule has 5 nitrogen and oxygen atoms in total. The summed E-state index contributed by atoms with van der Waals surface area (Å²) in [5, 5.41) is 1.05. The normalized spacial score (nSPS) is 11.7. The fourth-order valence-corrected chi connectivity index (χ4v) is 4.23. The zero-order valence-electron chi connectivity index (χ0n) is 15.3. The van der Waals surface area contributed by atoms with Crippen molar-refractivity contribution in [3.05, 3.63) is 112 Å². The molecule has 138 valence electrons. The summed E-state index contributed by atoms with van der Waals surface area (Å²) in [5.41, 5.74) is 3.43. The van der Waals surface area contributed by atoms with E-state index in [2.05, 4.69) is 0 Å². The maximum atomic E-state index is 13.4. The van der Waals surface area contributed by atoms with Crippen LogP contribution in [-0.4, -0.2) is 13.5 Å². The van der Waals surface area contributed by atoms with Crippen LogP contribution in [-0.2, 0) is 0 Å². The Kier molecular flexibility index (Phi) is 3.12. The summed E-state index contributed by atoms with van der Waals surface area (Å²) in [4.78, 5) is 26.8. The van der Waals surface area contributed by atoms with Crippen molar-refractivity contribution in [1.82, 2.24) is 13.5 Å². The van der Waals surface area contributed by atoms with Crippen LogP contribution in [0.5, 0.6) is 0 Å². The van der Waals surface area contributed by atoms with Crippen LogP contribution in [0.15, 0.2) is 101 Å². The Morgan fingerprint density at radius 2 is 0.931 bits per heavy atom. The molecule has 6 rings (SSSR count). The van der Waals surface area contributed by atoms with Gasteiger partial charge in [-0.05, 0) is 48.5 Å². The predicted octanol–water partition coefficient (Wildman–Crippen LogP) is 3.99. The van der Waals surface area contributed by atoms with Gasteiger partial charge in [0.1, 0.15) is 11.3 Å². The van der Waals surface area contributed by atoms with Crippen LogP contribution in [0, 0.1) is 0 Å². The molecule has 0 unspecified atom stereocenters. The average Bonchev–Trinajstić information content (AvgIpc) is 3.20. The standard InChI is InChI=1S/C24H15N3O2/c28-23-18-12-7-13-19-22(18)27-20(25(23)16-8-3-1-4-9-16)14-15-21(27)26(24(19)29)17-10-5-2-6-11-17/h1-15H. The fourth-order valence-electron chi connectivity index (χ4n) is 4.23. The van der Waals surface area contributed by atoms with Crippen LogP contribution in [0.1, 0.15) is 0 Å². The lowest BCUT2D eigenvalue weighted by molar-refractivity contribution is 0.965. The van der Waals surface area contributed by atoms with Crippen LogP contribution < -0.4 is 11.1 Å². The van der Waals surface area contributed by atoms with Gasteiger partial charge in [0.2, 0.25) is 0 Å². The van der Waals surface area contributed by atoms with Crippen LogP contribution in [0.25, 0.3) is 39.0 Å². The van der Waals surface area contributed by atoms with Crippen molar-refractivity contribution >= 4 is 27.6 Å². The Labute approximate surface area is 164 Å². The minimum absolute atomic E-state index is 0.133. The van der Waals surface area contributed by atoms with Gasteiger partial charge in [0.15, 0.2) is 0 Å². The van der Waals surface area contributed by atoms with E-state index in [1.165, 1.54) is 0 Å². The van der Waals surface area contributed by atoms with E-state index in [1.807, 2.05) is 77.2 Å². The smallest absolute Gasteiger partial charge is 0.266 e. The molecule has 0 spiro atoms. The SMILES string of the molecule is O=c1c2cccc3c(=O)n(-c4ccccc4)c4ccc(n1-c1ccccc1)n4c23. The number of hydrogen-bond donors (Lipinski definition) is 0. The van der Waals surface area contributed by atoms with Crippen LogP contribution in [0.4, 0.5) is 0 Å². The largest absolute Gasteiger partial charge is 0.279 e. The maximum Gasteiger partial charge on any atom is 0.266 e. The van der Waals surface area contributed by atoms with E-state index in [0.29, 0.717) is 16.3 Å². The van der Waals surface area contributed by atoms with Gasteiger partial charge in [-0.15, -0.1) is 0 Å².